The molecule has 0 spiro atoms. The van der Waals surface area contributed by atoms with Gasteiger partial charge in [0.15, 0.2) is 0 Å². The van der Waals surface area contributed by atoms with Crippen molar-refractivity contribution < 1.29 is 19.4 Å². The van der Waals surface area contributed by atoms with Crippen LogP contribution >= 0.6 is 0 Å². The van der Waals surface area contributed by atoms with Crippen molar-refractivity contribution in [1.82, 2.24) is 5.32 Å². The lowest BCUT2D eigenvalue weighted by molar-refractivity contribution is -0.144. The van der Waals surface area contributed by atoms with Gasteiger partial charge in [0.25, 0.3) is 0 Å². The van der Waals surface area contributed by atoms with Crippen molar-refractivity contribution >= 4 is 17.6 Å². The van der Waals surface area contributed by atoms with Crippen LogP contribution in [0.2, 0.25) is 0 Å². The number of carboxylic acids is 1. The first-order valence-corrected chi connectivity index (χ1v) is 11.3. The maximum atomic E-state index is 12.5. The van der Waals surface area contributed by atoms with Crippen molar-refractivity contribution in [2.24, 2.45) is 0 Å². The van der Waals surface area contributed by atoms with Gasteiger partial charge in [0.05, 0.1) is 0 Å². The zero-order chi connectivity index (χ0) is 23.6. The number of rotatable bonds is 13. The quantitative estimate of drug-likeness (QED) is 0.277. The predicted octanol–water partition coefficient (Wildman–Crippen LogP) is 6.40. The number of carbonyl (C=O) groups is 2. The average molecular weight is 438 g/mol. The molecule has 1 unspecified atom stereocenters. The Morgan fingerprint density at radius 3 is 2.56 bits per heavy atom. The third-order valence-electron chi connectivity index (χ3n) is 5.93. The van der Waals surface area contributed by atoms with E-state index < -0.39 is 17.6 Å². The van der Waals surface area contributed by atoms with Gasteiger partial charge >= 0.3 is 12.1 Å². The van der Waals surface area contributed by atoms with Crippen molar-refractivity contribution in [3.05, 3.63) is 78.4 Å². The fourth-order valence-corrected chi connectivity index (χ4v) is 4.11. The van der Waals surface area contributed by atoms with Crippen LogP contribution in [0.5, 0.6) is 0 Å². The number of amides is 1. The number of fused-ring (bicyclic) bond motifs is 1. The summed E-state index contributed by atoms with van der Waals surface area (Å²) in [5.74, 6) is -1.20. The second-order valence-electron chi connectivity index (χ2n) is 8.32. The number of ether oxygens (including phenoxy) is 1. The number of unbranched alkanes of at least 4 members (excludes halogenated alkanes) is 4. The van der Waals surface area contributed by atoms with E-state index in [1.165, 1.54) is 6.92 Å². The van der Waals surface area contributed by atoms with Gasteiger partial charge in [-0.05, 0) is 55.4 Å². The zero-order valence-electron chi connectivity index (χ0n) is 19.2. The Labute approximate surface area is 191 Å². The predicted molar refractivity (Wildman–Crippen MR) is 130 cm³/mol. The van der Waals surface area contributed by atoms with E-state index in [9.17, 15) is 14.7 Å². The summed E-state index contributed by atoms with van der Waals surface area (Å²) in [5, 5.41) is 12.3. The minimum atomic E-state index is -1.36. The summed E-state index contributed by atoms with van der Waals surface area (Å²) in [7, 11) is 0. The maximum Gasteiger partial charge on any atom is 0.408 e. The fourth-order valence-electron chi connectivity index (χ4n) is 4.11. The standard InChI is InChI=1S/C27H35NO4/c1-5-8-9-10-11-14-18-27(4,25(29)30)28-26(31)32-19-24-20(7-3)21(15-6-2)22-16-12-13-17-23(22)24/h5-7,12-13,15-17,24H,1,3,8-11,14,18-19H2,2,4H3,(H,28,31)(H,29,30)/b15-6-/t24?,27-/m1/s1. The minimum absolute atomic E-state index is 0.114. The Balaban J connectivity index is 2.01. The molecular formula is C27H35NO4. The second kappa shape index (κ2) is 12.1. The van der Waals surface area contributed by atoms with Gasteiger partial charge in [0, 0.05) is 5.92 Å². The Hall–Kier alpha value is -3.08. The Kier molecular flexibility index (Phi) is 9.51. The summed E-state index contributed by atoms with van der Waals surface area (Å²) in [6.07, 6.45) is 12.0. The van der Waals surface area contributed by atoms with E-state index in [0.717, 1.165) is 48.0 Å². The summed E-state index contributed by atoms with van der Waals surface area (Å²) >= 11 is 0. The van der Waals surface area contributed by atoms with Gasteiger partial charge in [-0.1, -0.05) is 74.4 Å². The molecule has 0 aliphatic heterocycles. The normalized spacial score (nSPS) is 17.0. The van der Waals surface area contributed by atoms with Crippen molar-refractivity contribution in [3.63, 3.8) is 0 Å². The molecule has 0 radical (unpaired) electrons. The highest BCUT2D eigenvalue weighted by molar-refractivity contribution is 5.86. The van der Waals surface area contributed by atoms with E-state index >= 15 is 0 Å². The molecule has 1 amide bonds. The Morgan fingerprint density at radius 2 is 1.91 bits per heavy atom. The molecule has 5 heteroatoms. The third-order valence-corrected chi connectivity index (χ3v) is 5.93. The van der Waals surface area contributed by atoms with Crippen LogP contribution in [0.25, 0.3) is 5.57 Å². The van der Waals surface area contributed by atoms with Gasteiger partial charge in [-0.15, -0.1) is 6.58 Å². The first kappa shape index (κ1) is 25.2. The summed E-state index contributed by atoms with van der Waals surface area (Å²) in [4.78, 5) is 24.4. The van der Waals surface area contributed by atoms with Gasteiger partial charge in [-0.2, -0.15) is 0 Å². The number of carboxylic acid groups (broad SMARTS) is 1. The molecular weight excluding hydrogens is 402 g/mol. The molecule has 172 valence electrons. The number of alkyl carbamates (subject to hydrolysis) is 1. The van der Waals surface area contributed by atoms with E-state index in [4.69, 9.17) is 4.74 Å². The van der Waals surface area contributed by atoms with Gasteiger partial charge in [-0.25, -0.2) is 9.59 Å². The molecule has 1 aliphatic rings. The first-order chi connectivity index (χ1) is 15.4. The highest BCUT2D eigenvalue weighted by Crippen LogP contribution is 2.43. The van der Waals surface area contributed by atoms with Crippen LogP contribution in [0, 0.1) is 0 Å². The highest BCUT2D eigenvalue weighted by Gasteiger charge is 2.36. The van der Waals surface area contributed by atoms with E-state index in [1.807, 2.05) is 49.4 Å². The van der Waals surface area contributed by atoms with Crippen molar-refractivity contribution in [2.75, 3.05) is 6.61 Å². The lowest BCUT2D eigenvalue weighted by Crippen LogP contribution is -2.52. The lowest BCUT2D eigenvalue weighted by Gasteiger charge is -2.26. The van der Waals surface area contributed by atoms with Crippen LogP contribution in [-0.4, -0.2) is 29.3 Å². The number of aliphatic carboxylic acids is 1. The number of nitrogens with one attached hydrogen (secondary N) is 1. The number of allylic oxidation sites excluding steroid dienone is 5. The van der Waals surface area contributed by atoms with Crippen LogP contribution < -0.4 is 5.32 Å². The number of hydrogen-bond donors (Lipinski definition) is 2. The lowest BCUT2D eigenvalue weighted by atomic mass is 9.94. The molecule has 2 N–H and O–H groups in total. The van der Waals surface area contributed by atoms with Crippen LogP contribution in [0.4, 0.5) is 4.79 Å². The second-order valence-corrected chi connectivity index (χ2v) is 8.32. The van der Waals surface area contributed by atoms with Crippen LogP contribution in [0.15, 0.2) is 67.3 Å². The molecule has 0 saturated carbocycles. The number of carbonyl (C=O) groups excluding carboxylic acids is 1. The van der Waals surface area contributed by atoms with Crippen molar-refractivity contribution in [1.29, 1.82) is 0 Å². The molecule has 0 aromatic heterocycles. The monoisotopic (exact) mass is 437 g/mol. The smallest absolute Gasteiger partial charge is 0.408 e. The summed E-state index contributed by atoms with van der Waals surface area (Å²) in [5.41, 5.74) is 2.87. The van der Waals surface area contributed by atoms with Gasteiger partial charge < -0.3 is 15.2 Å². The molecule has 0 heterocycles. The average Bonchev–Trinajstić information content (AvgIpc) is 3.07. The first-order valence-electron chi connectivity index (χ1n) is 11.3. The Morgan fingerprint density at radius 1 is 1.19 bits per heavy atom. The minimum Gasteiger partial charge on any atom is -0.480 e. The van der Waals surface area contributed by atoms with E-state index in [1.54, 1.807) is 6.08 Å². The van der Waals surface area contributed by atoms with Gasteiger partial charge in [-0.3, -0.25) is 0 Å². The molecule has 0 saturated heterocycles. The van der Waals surface area contributed by atoms with Crippen LogP contribution in [0.1, 0.15) is 69.4 Å². The van der Waals surface area contributed by atoms with Crippen molar-refractivity contribution in [2.45, 2.75) is 63.8 Å². The zero-order valence-corrected chi connectivity index (χ0v) is 19.2. The topological polar surface area (TPSA) is 75.6 Å². The highest BCUT2D eigenvalue weighted by atomic mass is 16.5. The van der Waals surface area contributed by atoms with E-state index in [-0.39, 0.29) is 12.5 Å². The van der Waals surface area contributed by atoms with E-state index in [2.05, 4.69) is 18.5 Å². The third kappa shape index (κ3) is 6.22. The summed E-state index contributed by atoms with van der Waals surface area (Å²) < 4.78 is 5.52. The molecule has 0 bridgehead atoms. The molecule has 32 heavy (non-hydrogen) atoms. The van der Waals surface area contributed by atoms with Crippen LogP contribution in [-0.2, 0) is 9.53 Å². The molecule has 1 aromatic carbocycles. The fraction of sp³-hybridized carbons (Fsp3) is 0.407. The largest absolute Gasteiger partial charge is 0.480 e. The Bertz CT molecular complexity index is 899. The summed E-state index contributed by atoms with van der Waals surface area (Å²) in [6.45, 7) is 11.3. The van der Waals surface area contributed by atoms with Gasteiger partial charge in [0.2, 0.25) is 0 Å². The number of benzene rings is 1. The molecule has 2 rings (SSSR count). The van der Waals surface area contributed by atoms with Crippen LogP contribution in [0.3, 0.4) is 0 Å². The SMILES string of the molecule is C=CCCCCCC[C@@](C)(NC(=O)OCC1C(C=C)=C(/C=C\C)c2ccccc21)C(=O)O. The summed E-state index contributed by atoms with van der Waals surface area (Å²) in [6, 6.07) is 8.01. The molecule has 0 fully saturated rings. The molecule has 1 aliphatic carbocycles. The van der Waals surface area contributed by atoms with Gasteiger partial charge in [0.1, 0.15) is 12.1 Å². The van der Waals surface area contributed by atoms with Crippen molar-refractivity contribution in [3.8, 4) is 0 Å². The molecule has 2 atom stereocenters. The number of hydrogen-bond acceptors (Lipinski definition) is 3. The van der Waals surface area contributed by atoms with E-state index in [0.29, 0.717) is 12.8 Å². The molecule has 5 nitrogen and oxygen atoms in total. The molecule has 1 aromatic rings. The maximum absolute atomic E-state index is 12.5.